The predicted molar refractivity (Wildman–Crippen MR) is 112 cm³/mol. The molecule has 0 unspecified atom stereocenters. The summed E-state index contributed by atoms with van der Waals surface area (Å²) in [7, 11) is 0. The Hall–Kier alpha value is -3.78. The second kappa shape index (κ2) is 8.49. The summed E-state index contributed by atoms with van der Waals surface area (Å²) in [6.07, 6.45) is 3.59. The van der Waals surface area contributed by atoms with Gasteiger partial charge in [-0.05, 0) is 30.3 Å². The molecule has 2 aromatic carbocycles. The van der Waals surface area contributed by atoms with E-state index in [9.17, 15) is 9.59 Å². The lowest BCUT2D eigenvalue weighted by molar-refractivity contribution is -0.115. The summed E-state index contributed by atoms with van der Waals surface area (Å²) in [5.74, 6) is -0.431. The van der Waals surface area contributed by atoms with Crippen LogP contribution in [0.2, 0.25) is 0 Å². The first-order chi connectivity index (χ1) is 14.2. The van der Waals surface area contributed by atoms with Crippen LogP contribution in [0.1, 0.15) is 16.1 Å². The molecule has 29 heavy (non-hydrogen) atoms. The lowest BCUT2D eigenvalue weighted by atomic mass is 10.2. The van der Waals surface area contributed by atoms with Crippen LogP contribution in [0, 0.1) is 0 Å². The normalized spacial score (nSPS) is 10.5. The average Bonchev–Trinajstić information content (AvgIpc) is 3.41. The van der Waals surface area contributed by atoms with Crippen LogP contribution in [0.25, 0.3) is 5.69 Å². The van der Waals surface area contributed by atoms with Gasteiger partial charge in [-0.3, -0.25) is 14.9 Å². The molecule has 2 amide bonds. The summed E-state index contributed by atoms with van der Waals surface area (Å²) in [6, 6.07) is 18.2. The van der Waals surface area contributed by atoms with Gasteiger partial charge in [-0.2, -0.15) is 5.10 Å². The summed E-state index contributed by atoms with van der Waals surface area (Å²) >= 11 is 1.28. The van der Waals surface area contributed by atoms with E-state index < -0.39 is 0 Å². The van der Waals surface area contributed by atoms with Gasteiger partial charge in [-0.15, -0.1) is 11.3 Å². The summed E-state index contributed by atoms with van der Waals surface area (Å²) in [6.45, 7) is 0. The molecular formula is C21H17N5O2S. The second-order valence-corrected chi connectivity index (χ2v) is 7.01. The van der Waals surface area contributed by atoms with Gasteiger partial charge in [-0.1, -0.05) is 30.3 Å². The molecule has 0 aliphatic carbocycles. The molecule has 0 spiro atoms. The van der Waals surface area contributed by atoms with E-state index in [1.165, 1.54) is 11.3 Å². The fraction of sp³-hybridized carbons (Fsp3) is 0.0476. The summed E-state index contributed by atoms with van der Waals surface area (Å²) in [5.41, 5.74) is 2.58. The lowest BCUT2D eigenvalue weighted by Gasteiger charge is -2.10. The van der Waals surface area contributed by atoms with Gasteiger partial charge in [0, 0.05) is 23.3 Å². The topological polar surface area (TPSA) is 88.9 Å². The van der Waals surface area contributed by atoms with Crippen LogP contribution in [-0.4, -0.2) is 26.6 Å². The maximum absolute atomic E-state index is 12.5. The number of benzene rings is 2. The van der Waals surface area contributed by atoms with Crippen molar-refractivity contribution in [3.63, 3.8) is 0 Å². The molecule has 2 aromatic heterocycles. The van der Waals surface area contributed by atoms with Crippen molar-refractivity contribution in [3.8, 4) is 5.69 Å². The van der Waals surface area contributed by atoms with E-state index in [1.807, 2.05) is 42.6 Å². The van der Waals surface area contributed by atoms with Gasteiger partial charge in [0.2, 0.25) is 5.91 Å². The Morgan fingerprint density at radius 1 is 0.966 bits per heavy atom. The van der Waals surface area contributed by atoms with Crippen molar-refractivity contribution < 1.29 is 9.59 Å². The van der Waals surface area contributed by atoms with Crippen LogP contribution >= 0.6 is 11.3 Å². The van der Waals surface area contributed by atoms with E-state index in [0.29, 0.717) is 22.1 Å². The number of carbonyl (C=O) groups is 2. The summed E-state index contributed by atoms with van der Waals surface area (Å²) in [5, 5.41) is 12.1. The van der Waals surface area contributed by atoms with Gasteiger partial charge < -0.3 is 5.32 Å². The number of anilines is 2. The number of carbonyl (C=O) groups excluding carboxylic acids is 2. The van der Waals surface area contributed by atoms with Crippen molar-refractivity contribution in [1.82, 2.24) is 14.8 Å². The van der Waals surface area contributed by atoms with Crippen LogP contribution < -0.4 is 10.6 Å². The first-order valence-electron chi connectivity index (χ1n) is 8.89. The van der Waals surface area contributed by atoms with E-state index >= 15 is 0 Å². The zero-order chi connectivity index (χ0) is 20.1. The Morgan fingerprint density at radius 2 is 1.76 bits per heavy atom. The Balaban J connectivity index is 1.40. The number of thiazole rings is 1. The number of para-hydroxylation sites is 2. The van der Waals surface area contributed by atoms with E-state index in [1.54, 1.807) is 40.5 Å². The highest BCUT2D eigenvalue weighted by Gasteiger charge is 2.13. The standard InChI is InChI=1S/C21H17N5O2S/c27-19(24-17-9-4-5-10-18(17)26-12-6-11-22-26)13-16-14-29-21(23-16)25-20(28)15-7-2-1-3-8-15/h1-12,14H,13H2,(H,24,27)(H,23,25,28). The molecule has 4 rings (SSSR count). The monoisotopic (exact) mass is 403 g/mol. The number of amides is 2. The SMILES string of the molecule is O=C(Cc1csc(NC(=O)c2ccccc2)n1)Nc1ccccc1-n1cccn1. The summed E-state index contributed by atoms with van der Waals surface area (Å²) in [4.78, 5) is 29.0. The van der Waals surface area contributed by atoms with Crippen molar-refractivity contribution >= 4 is 34.0 Å². The third-order valence-electron chi connectivity index (χ3n) is 4.08. The average molecular weight is 403 g/mol. The zero-order valence-electron chi connectivity index (χ0n) is 15.3. The molecule has 144 valence electrons. The first kappa shape index (κ1) is 18.6. The minimum absolute atomic E-state index is 0.102. The quantitative estimate of drug-likeness (QED) is 0.513. The van der Waals surface area contributed by atoms with Gasteiger partial charge in [0.25, 0.3) is 5.91 Å². The summed E-state index contributed by atoms with van der Waals surface area (Å²) < 4.78 is 1.69. The molecule has 0 saturated carbocycles. The molecule has 7 nitrogen and oxygen atoms in total. The van der Waals surface area contributed by atoms with Gasteiger partial charge in [0.05, 0.1) is 23.5 Å². The van der Waals surface area contributed by atoms with Crippen LogP contribution in [0.3, 0.4) is 0 Å². The molecule has 0 bridgehead atoms. The van der Waals surface area contributed by atoms with E-state index in [-0.39, 0.29) is 18.2 Å². The molecule has 0 radical (unpaired) electrons. The molecule has 8 heteroatoms. The Kier molecular flexibility index (Phi) is 5.44. The zero-order valence-corrected chi connectivity index (χ0v) is 16.1. The van der Waals surface area contributed by atoms with E-state index in [4.69, 9.17) is 0 Å². The van der Waals surface area contributed by atoms with Crippen molar-refractivity contribution in [2.24, 2.45) is 0 Å². The van der Waals surface area contributed by atoms with Crippen LogP contribution in [0.5, 0.6) is 0 Å². The minimum Gasteiger partial charge on any atom is -0.324 e. The van der Waals surface area contributed by atoms with Gasteiger partial charge >= 0.3 is 0 Å². The van der Waals surface area contributed by atoms with Gasteiger partial charge in [0.1, 0.15) is 0 Å². The van der Waals surface area contributed by atoms with Crippen LogP contribution in [-0.2, 0) is 11.2 Å². The fourth-order valence-corrected chi connectivity index (χ4v) is 3.46. The molecule has 0 atom stereocenters. The largest absolute Gasteiger partial charge is 0.324 e. The molecule has 0 aliphatic rings. The second-order valence-electron chi connectivity index (χ2n) is 6.16. The molecule has 2 heterocycles. The molecule has 2 N–H and O–H groups in total. The molecule has 0 saturated heterocycles. The highest BCUT2D eigenvalue weighted by atomic mass is 32.1. The lowest BCUT2D eigenvalue weighted by Crippen LogP contribution is -2.16. The Labute approximate surface area is 171 Å². The third-order valence-corrected chi connectivity index (χ3v) is 4.89. The number of hydrogen-bond donors (Lipinski definition) is 2. The van der Waals surface area contributed by atoms with Crippen molar-refractivity contribution in [2.45, 2.75) is 6.42 Å². The first-order valence-corrected chi connectivity index (χ1v) is 9.77. The molecule has 0 aliphatic heterocycles. The molecular weight excluding hydrogens is 386 g/mol. The number of hydrogen-bond acceptors (Lipinski definition) is 5. The highest BCUT2D eigenvalue weighted by Crippen LogP contribution is 2.20. The minimum atomic E-state index is -0.232. The van der Waals surface area contributed by atoms with E-state index in [2.05, 4.69) is 20.7 Å². The molecule has 4 aromatic rings. The van der Waals surface area contributed by atoms with E-state index in [0.717, 1.165) is 5.69 Å². The van der Waals surface area contributed by atoms with Crippen LogP contribution in [0.15, 0.2) is 78.4 Å². The number of nitrogens with zero attached hydrogens (tertiary/aromatic N) is 3. The fourth-order valence-electron chi connectivity index (χ4n) is 2.75. The number of nitrogens with one attached hydrogen (secondary N) is 2. The van der Waals surface area contributed by atoms with Gasteiger partial charge in [0.15, 0.2) is 5.13 Å². The van der Waals surface area contributed by atoms with Crippen molar-refractivity contribution in [1.29, 1.82) is 0 Å². The predicted octanol–water partition coefficient (Wildman–Crippen LogP) is 3.76. The van der Waals surface area contributed by atoms with Gasteiger partial charge in [-0.25, -0.2) is 9.67 Å². The molecule has 0 fully saturated rings. The Morgan fingerprint density at radius 3 is 2.55 bits per heavy atom. The van der Waals surface area contributed by atoms with Crippen molar-refractivity contribution in [2.75, 3.05) is 10.6 Å². The van der Waals surface area contributed by atoms with Crippen molar-refractivity contribution in [3.05, 3.63) is 89.7 Å². The maximum Gasteiger partial charge on any atom is 0.257 e. The third kappa shape index (κ3) is 4.56. The Bertz CT molecular complexity index is 1120. The smallest absolute Gasteiger partial charge is 0.257 e. The van der Waals surface area contributed by atoms with Crippen LogP contribution in [0.4, 0.5) is 10.8 Å². The highest BCUT2D eigenvalue weighted by molar-refractivity contribution is 7.14. The number of rotatable bonds is 6. The number of aromatic nitrogens is 3. The maximum atomic E-state index is 12.5.